The second-order valence-electron chi connectivity index (χ2n) is 5.06. The number of hydrogen-bond acceptors (Lipinski definition) is 4. The average Bonchev–Trinajstić information content (AvgIpc) is 2.45. The van der Waals surface area contributed by atoms with Crippen LogP contribution in [0.5, 0.6) is 0 Å². The van der Waals surface area contributed by atoms with Gasteiger partial charge in [0.15, 0.2) is 5.82 Å². The number of rotatable bonds is 6. The Bertz CT molecular complexity index is 535. The largest absolute Gasteiger partial charge is 0.396 e. The van der Waals surface area contributed by atoms with Crippen molar-refractivity contribution < 1.29 is 0 Å². The summed E-state index contributed by atoms with van der Waals surface area (Å²) >= 11 is 0. The lowest BCUT2D eigenvalue weighted by molar-refractivity contribution is 0.402. The van der Waals surface area contributed by atoms with Gasteiger partial charge in [-0.2, -0.15) is 0 Å². The van der Waals surface area contributed by atoms with Crippen LogP contribution in [0.4, 0.5) is 17.2 Å². The predicted molar refractivity (Wildman–Crippen MR) is 99.8 cm³/mol. The molecule has 0 radical (unpaired) electrons. The number of nitrogens with zero attached hydrogens (tertiary/aromatic N) is 3. The normalized spacial score (nSPS) is 9.77. The van der Waals surface area contributed by atoms with Gasteiger partial charge in [-0.1, -0.05) is 18.2 Å². The molecule has 0 aliphatic rings. The molecule has 0 aliphatic carbocycles. The van der Waals surface area contributed by atoms with E-state index in [4.69, 9.17) is 5.73 Å². The van der Waals surface area contributed by atoms with E-state index in [0.29, 0.717) is 5.69 Å². The van der Waals surface area contributed by atoms with Gasteiger partial charge < -0.3 is 15.5 Å². The monoisotopic (exact) mass is 342 g/mol. The molecule has 2 rings (SSSR count). The number of para-hydroxylation sites is 1. The summed E-state index contributed by atoms with van der Waals surface area (Å²) in [6, 6.07) is 14.0. The average molecular weight is 343 g/mol. The van der Waals surface area contributed by atoms with Crippen molar-refractivity contribution >= 4 is 42.0 Å². The van der Waals surface area contributed by atoms with Crippen molar-refractivity contribution in [1.29, 1.82) is 0 Å². The first-order valence-corrected chi connectivity index (χ1v) is 6.86. The molecule has 22 heavy (non-hydrogen) atoms. The minimum absolute atomic E-state index is 0. The number of benzene rings is 1. The second kappa shape index (κ2) is 10.3. The Kier molecular flexibility index (Phi) is 9.58. The van der Waals surface area contributed by atoms with Gasteiger partial charge in [-0.25, -0.2) is 4.98 Å². The fourth-order valence-electron chi connectivity index (χ4n) is 2.15. The molecule has 0 amide bonds. The Hall–Kier alpha value is -1.49. The van der Waals surface area contributed by atoms with E-state index in [0.717, 1.165) is 31.0 Å². The fourth-order valence-corrected chi connectivity index (χ4v) is 2.15. The molecule has 4 nitrogen and oxygen atoms in total. The van der Waals surface area contributed by atoms with Crippen LogP contribution in [0.25, 0.3) is 0 Å². The molecule has 0 spiro atoms. The lowest BCUT2D eigenvalue weighted by atomic mass is 10.2. The first kappa shape index (κ1) is 20.5. The maximum absolute atomic E-state index is 6.08. The molecule has 0 bridgehead atoms. The lowest BCUT2D eigenvalue weighted by Gasteiger charge is -2.25. The number of hydrogen-bond donors (Lipinski definition) is 1. The Morgan fingerprint density at radius 1 is 0.955 bits per heavy atom. The predicted octanol–water partition coefficient (Wildman–Crippen LogP) is 3.60. The van der Waals surface area contributed by atoms with Gasteiger partial charge in [0.2, 0.25) is 0 Å². The minimum Gasteiger partial charge on any atom is -0.396 e. The van der Waals surface area contributed by atoms with Crippen LogP contribution in [0.2, 0.25) is 0 Å². The molecule has 1 aromatic heterocycles. The molecule has 2 aromatic rings. The van der Waals surface area contributed by atoms with Gasteiger partial charge in [-0.3, -0.25) is 0 Å². The number of nitrogen functional groups attached to an aromatic ring is 1. The van der Waals surface area contributed by atoms with Crippen molar-refractivity contribution in [2.75, 3.05) is 37.8 Å². The Balaban J connectivity index is 0.00000220. The molecular formula is C16H24Cl2N4. The number of nitrogens with two attached hydrogens (primary N) is 1. The zero-order chi connectivity index (χ0) is 14.4. The van der Waals surface area contributed by atoms with Crippen LogP contribution in [0, 0.1) is 0 Å². The SMILES string of the molecule is CN(C)CCCN(c1ccccc1)c1ncccc1N.Cl.Cl. The number of halogens is 2. The summed E-state index contributed by atoms with van der Waals surface area (Å²) in [6.07, 6.45) is 2.84. The van der Waals surface area contributed by atoms with Gasteiger partial charge in [0.25, 0.3) is 0 Å². The van der Waals surface area contributed by atoms with Crippen LogP contribution in [0.3, 0.4) is 0 Å². The molecule has 0 saturated heterocycles. The van der Waals surface area contributed by atoms with E-state index in [2.05, 4.69) is 41.0 Å². The Morgan fingerprint density at radius 2 is 1.64 bits per heavy atom. The van der Waals surface area contributed by atoms with Crippen molar-refractivity contribution in [3.63, 3.8) is 0 Å². The molecular weight excluding hydrogens is 319 g/mol. The summed E-state index contributed by atoms with van der Waals surface area (Å²) in [6.45, 7) is 1.93. The van der Waals surface area contributed by atoms with Gasteiger partial charge >= 0.3 is 0 Å². The highest BCUT2D eigenvalue weighted by atomic mass is 35.5. The van der Waals surface area contributed by atoms with E-state index in [1.54, 1.807) is 6.20 Å². The van der Waals surface area contributed by atoms with Crippen molar-refractivity contribution in [3.05, 3.63) is 48.7 Å². The quantitative estimate of drug-likeness (QED) is 0.871. The third-order valence-electron chi connectivity index (χ3n) is 3.13. The van der Waals surface area contributed by atoms with Crippen molar-refractivity contribution in [1.82, 2.24) is 9.88 Å². The first-order valence-electron chi connectivity index (χ1n) is 6.86. The zero-order valence-corrected chi connectivity index (χ0v) is 14.6. The summed E-state index contributed by atoms with van der Waals surface area (Å²) in [5.74, 6) is 0.831. The molecule has 0 fully saturated rings. The highest BCUT2D eigenvalue weighted by Gasteiger charge is 2.12. The lowest BCUT2D eigenvalue weighted by Crippen LogP contribution is -2.24. The summed E-state index contributed by atoms with van der Waals surface area (Å²) < 4.78 is 0. The van der Waals surface area contributed by atoms with Crippen LogP contribution < -0.4 is 10.6 Å². The van der Waals surface area contributed by atoms with E-state index in [-0.39, 0.29) is 24.8 Å². The minimum atomic E-state index is 0. The van der Waals surface area contributed by atoms with E-state index in [1.807, 2.05) is 30.3 Å². The van der Waals surface area contributed by atoms with Gasteiger partial charge in [0, 0.05) is 18.4 Å². The third-order valence-corrected chi connectivity index (χ3v) is 3.13. The van der Waals surface area contributed by atoms with Crippen molar-refractivity contribution in [2.24, 2.45) is 0 Å². The third kappa shape index (κ3) is 5.72. The molecule has 6 heteroatoms. The Labute approximate surface area is 145 Å². The molecule has 0 saturated carbocycles. The van der Waals surface area contributed by atoms with Crippen LogP contribution in [-0.2, 0) is 0 Å². The van der Waals surface area contributed by atoms with E-state index in [1.165, 1.54) is 0 Å². The summed E-state index contributed by atoms with van der Waals surface area (Å²) in [4.78, 5) is 8.80. The van der Waals surface area contributed by atoms with Crippen molar-refractivity contribution in [2.45, 2.75) is 6.42 Å². The molecule has 1 aromatic carbocycles. The van der Waals surface area contributed by atoms with E-state index in [9.17, 15) is 0 Å². The first-order chi connectivity index (χ1) is 9.68. The van der Waals surface area contributed by atoms with E-state index < -0.39 is 0 Å². The molecule has 0 atom stereocenters. The molecule has 0 unspecified atom stereocenters. The van der Waals surface area contributed by atoms with Crippen LogP contribution in [0.15, 0.2) is 48.7 Å². The summed E-state index contributed by atoms with van der Waals surface area (Å²) in [5.41, 5.74) is 7.91. The highest BCUT2D eigenvalue weighted by molar-refractivity contribution is 5.85. The van der Waals surface area contributed by atoms with Crippen LogP contribution in [-0.4, -0.2) is 37.1 Å². The van der Waals surface area contributed by atoms with Crippen molar-refractivity contribution in [3.8, 4) is 0 Å². The topological polar surface area (TPSA) is 45.4 Å². The molecule has 122 valence electrons. The molecule has 0 aliphatic heterocycles. The fraction of sp³-hybridized carbons (Fsp3) is 0.312. The maximum Gasteiger partial charge on any atom is 0.156 e. The van der Waals surface area contributed by atoms with Crippen LogP contribution in [0.1, 0.15) is 6.42 Å². The number of aromatic nitrogens is 1. The van der Waals surface area contributed by atoms with Crippen LogP contribution >= 0.6 is 24.8 Å². The summed E-state index contributed by atoms with van der Waals surface area (Å²) in [7, 11) is 4.17. The van der Waals surface area contributed by atoms with Gasteiger partial charge in [-0.05, 0) is 51.3 Å². The zero-order valence-electron chi connectivity index (χ0n) is 13.0. The number of anilines is 3. The van der Waals surface area contributed by atoms with Gasteiger partial charge in [-0.15, -0.1) is 24.8 Å². The second-order valence-corrected chi connectivity index (χ2v) is 5.06. The molecule has 2 N–H and O–H groups in total. The van der Waals surface area contributed by atoms with Gasteiger partial charge in [0.05, 0.1) is 5.69 Å². The molecule has 1 heterocycles. The number of pyridine rings is 1. The summed E-state index contributed by atoms with van der Waals surface area (Å²) in [5, 5.41) is 0. The Morgan fingerprint density at radius 3 is 2.23 bits per heavy atom. The van der Waals surface area contributed by atoms with E-state index >= 15 is 0 Å². The smallest absolute Gasteiger partial charge is 0.156 e. The highest BCUT2D eigenvalue weighted by Crippen LogP contribution is 2.27. The van der Waals surface area contributed by atoms with Gasteiger partial charge in [0.1, 0.15) is 0 Å². The maximum atomic E-state index is 6.08. The standard InChI is InChI=1S/C16H22N4.2ClH/c1-19(2)12-7-13-20(14-8-4-3-5-9-14)16-15(17)10-6-11-18-16;;/h3-6,8-11H,7,12-13,17H2,1-2H3;2*1H.